The number of aromatic nitrogens is 1. The summed E-state index contributed by atoms with van der Waals surface area (Å²) in [6.07, 6.45) is -2.90. The molecule has 0 spiro atoms. The van der Waals surface area contributed by atoms with E-state index in [0.29, 0.717) is 0 Å². The van der Waals surface area contributed by atoms with Gasteiger partial charge in [-0.3, -0.25) is 0 Å². The number of halogens is 21. The number of pyridine rings is 1. The average molecular weight is 978 g/mol. The lowest BCUT2D eigenvalue weighted by atomic mass is 9.12. The van der Waals surface area contributed by atoms with E-state index in [1.54, 1.807) is 0 Å². The molecule has 7 aromatic rings. The SMILES string of the molecule is Brc1c[n+](Cc2ccccc2)cc2ccccc12.Fc1c(F)c(F)c([B-](c2c(F)c(F)c(F)c(F)c2F)(c2c(F)c(F)c(F)c(F)c2F)c2c(F)c(F)c(F)c(F)c2F)c(F)c1F. The Morgan fingerprint density at radius 2 is 0.603 bits per heavy atom. The molecule has 6 aromatic carbocycles. The fourth-order valence-corrected chi connectivity index (χ4v) is 7.64. The van der Waals surface area contributed by atoms with E-state index in [9.17, 15) is 52.7 Å². The van der Waals surface area contributed by atoms with Crippen LogP contribution in [0.3, 0.4) is 0 Å². The Balaban J connectivity index is 0.000000302. The highest BCUT2D eigenvalue weighted by Gasteiger charge is 2.52. The molecular weight excluding hydrogens is 965 g/mol. The first-order chi connectivity index (χ1) is 29.5. The Labute approximate surface area is 346 Å². The van der Waals surface area contributed by atoms with Crippen molar-refractivity contribution in [1.82, 2.24) is 0 Å². The Morgan fingerprint density at radius 1 is 0.333 bits per heavy atom. The minimum Gasteiger partial charge on any atom is -0.207 e. The van der Waals surface area contributed by atoms with E-state index in [4.69, 9.17) is 0 Å². The summed E-state index contributed by atoms with van der Waals surface area (Å²) in [5.41, 5.74) is -13.0. The molecule has 23 heteroatoms. The Bertz CT molecular complexity index is 2620. The Kier molecular flexibility index (Phi) is 12.7. The molecule has 0 N–H and O–H groups in total. The van der Waals surface area contributed by atoms with Crippen molar-refractivity contribution in [3.05, 3.63) is 193 Å². The lowest BCUT2D eigenvalue weighted by Gasteiger charge is -2.44. The van der Waals surface area contributed by atoms with Gasteiger partial charge in [-0.15, -0.1) is 21.9 Å². The van der Waals surface area contributed by atoms with Crippen LogP contribution in [0.1, 0.15) is 5.56 Å². The first-order valence-corrected chi connectivity index (χ1v) is 17.7. The summed E-state index contributed by atoms with van der Waals surface area (Å²) < 4.78 is 297. The fraction of sp³-hybridized carbons (Fsp3) is 0.0250. The largest absolute Gasteiger partial charge is 0.207 e. The summed E-state index contributed by atoms with van der Waals surface area (Å²) in [4.78, 5) is 0. The molecule has 0 saturated heterocycles. The van der Waals surface area contributed by atoms with E-state index < -0.39 is 144 Å². The summed E-state index contributed by atoms with van der Waals surface area (Å²) in [6, 6.07) is 18.9. The van der Waals surface area contributed by atoms with Crippen LogP contribution in [0.5, 0.6) is 0 Å². The van der Waals surface area contributed by atoms with Crippen molar-refractivity contribution in [3.8, 4) is 0 Å². The minimum absolute atomic E-state index is 0.893. The van der Waals surface area contributed by atoms with Gasteiger partial charge in [0.15, 0.2) is 88.7 Å². The van der Waals surface area contributed by atoms with Gasteiger partial charge in [0, 0.05) is 16.3 Å². The van der Waals surface area contributed by atoms with Crippen LogP contribution in [-0.4, -0.2) is 6.15 Å². The van der Waals surface area contributed by atoms with Gasteiger partial charge in [0.1, 0.15) is 52.7 Å². The number of fused-ring (bicyclic) bond motifs is 1. The molecule has 0 unspecified atom stereocenters. The molecular formula is C40H13BBrF20N. The maximum atomic E-state index is 15.4. The van der Waals surface area contributed by atoms with E-state index in [0.717, 1.165) is 11.0 Å². The van der Waals surface area contributed by atoms with E-state index >= 15 is 35.1 Å². The third-order valence-corrected chi connectivity index (χ3v) is 10.3. The highest BCUT2D eigenvalue weighted by atomic mass is 79.9. The molecule has 1 aromatic heterocycles. The number of rotatable bonds is 6. The van der Waals surface area contributed by atoms with Crippen molar-refractivity contribution in [2.24, 2.45) is 0 Å². The lowest BCUT2D eigenvalue weighted by molar-refractivity contribution is -0.687. The van der Waals surface area contributed by atoms with Gasteiger partial charge in [-0.1, -0.05) is 48.5 Å². The maximum absolute atomic E-state index is 15.4. The van der Waals surface area contributed by atoms with E-state index in [1.807, 2.05) is 6.07 Å². The van der Waals surface area contributed by atoms with Gasteiger partial charge in [-0.2, -0.15) is 4.57 Å². The summed E-state index contributed by atoms with van der Waals surface area (Å²) in [7, 11) is 0. The molecule has 0 fully saturated rings. The maximum Gasteiger partial charge on any atom is 0.200 e. The van der Waals surface area contributed by atoms with Gasteiger partial charge < -0.3 is 0 Å². The number of nitrogens with zero attached hydrogens (tertiary/aromatic N) is 1. The molecule has 7 rings (SSSR count). The fourth-order valence-electron chi connectivity index (χ4n) is 7.02. The molecule has 328 valence electrons. The van der Waals surface area contributed by atoms with Crippen LogP contribution in [0.15, 0.2) is 71.5 Å². The van der Waals surface area contributed by atoms with Crippen molar-refractivity contribution in [2.45, 2.75) is 6.54 Å². The van der Waals surface area contributed by atoms with Gasteiger partial charge in [-0.25, -0.2) is 87.8 Å². The van der Waals surface area contributed by atoms with Crippen LogP contribution in [-0.2, 0) is 6.54 Å². The Morgan fingerprint density at radius 3 is 0.921 bits per heavy atom. The topological polar surface area (TPSA) is 3.88 Å². The third kappa shape index (κ3) is 7.32. The van der Waals surface area contributed by atoms with Crippen LogP contribution in [0.2, 0.25) is 0 Å². The standard InChI is InChI=1S/C24BF20.C16H13BrN/c26-5-1(6(27)14(35)21(42)13(5)34)25(2-7(28)15(36)22(43)16(37)8(2)29,3-9(30)17(38)23(44)18(39)10(3)31)4-11(32)19(40)24(45)20(41)12(4)33;17-16-12-18(10-13-6-2-1-3-7-13)11-14-8-4-5-9-15(14)16/h;1-9,11-12H,10H2/q-1;+1. The summed E-state index contributed by atoms with van der Waals surface area (Å²) in [5.74, 6) is -71.4. The quantitative estimate of drug-likeness (QED) is 0.0514. The average Bonchev–Trinajstić information content (AvgIpc) is 3.26. The summed E-state index contributed by atoms with van der Waals surface area (Å²) in [5, 5.41) is 2.50. The van der Waals surface area contributed by atoms with Gasteiger partial charge in [0.2, 0.25) is 0 Å². The lowest BCUT2D eigenvalue weighted by Crippen LogP contribution is -2.81. The molecule has 63 heavy (non-hydrogen) atoms. The predicted octanol–water partition coefficient (Wildman–Crippen LogP) is 9.78. The van der Waals surface area contributed by atoms with E-state index in [2.05, 4.69) is 81.4 Å². The van der Waals surface area contributed by atoms with Gasteiger partial charge in [0.05, 0.1) is 4.47 Å². The molecule has 0 radical (unpaired) electrons. The summed E-state index contributed by atoms with van der Waals surface area (Å²) in [6.45, 7) is 0.893. The second kappa shape index (κ2) is 17.2. The Hall–Kier alpha value is -6.13. The second-order valence-electron chi connectivity index (χ2n) is 13.2. The van der Waals surface area contributed by atoms with Gasteiger partial charge >= 0.3 is 0 Å². The highest BCUT2D eigenvalue weighted by Crippen LogP contribution is 2.31. The molecule has 0 bridgehead atoms. The third-order valence-electron chi connectivity index (χ3n) is 9.72. The smallest absolute Gasteiger partial charge is 0.200 e. The molecule has 0 amide bonds. The zero-order valence-corrected chi connectivity index (χ0v) is 31.6. The molecule has 1 heterocycles. The van der Waals surface area contributed by atoms with Crippen LogP contribution >= 0.6 is 15.9 Å². The summed E-state index contributed by atoms with van der Waals surface area (Å²) >= 11 is 3.64. The molecule has 0 aliphatic carbocycles. The van der Waals surface area contributed by atoms with Crippen molar-refractivity contribution in [3.63, 3.8) is 0 Å². The van der Waals surface area contributed by atoms with Gasteiger partial charge in [-0.05, 0) is 22.0 Å². The number of hydrogen-bond donors (Lipinski definition) is 0. The zero-order chi connectivity index (χ0) is 46.7. The minimum atomic E-state index is -7.22. The number of benzene rings is 6. The molecule has 0 atom stereocenters. The van der Waals surface area contributed by atoms with E-state index in [1.165, 1.54) is 16.3 Å². The second-order valence-corrected chi connectivity index (χ2v) is 14.0. The molecule has 0 aliphatic rings. The van der Waals surface area contributed by atoms with Crippen molar-refractivity contribution >= 4 is 54.7 Å². The van der Waals surface area contributed by atoms with Gasteiger partial charge in [0.25, 0.3) is 0 Å². The normalized spacial score (nSPS) is 11.6. The zero-order valence-electron chi connectivity index (χ0n) is 30.0. The molecule has 0 aliphatic heterocycles. The van der Waals surface area contributed by atoms with Crippen LogP contribution < -0.4 is 26.4 Å². The highest BCUT2D eigenvalue weighted by molar-refractivity contribution is 9.10. The van der Waals surface area contributed by atoms with Crippen LogP contribution in [0.25, 0.3) is 10.8 Å². The van der Waals surface area contributed by atoms with Crippen molar-refractivity contribution in [1.29, 1.82) is 0 Å². The van der Waals surface area contributed by atoms with Crippen molar-refractivity contribution in [2.75, 3.05) is 0 Å². The van der Waals surface area contributed by atoms with Crippen LogP contribution in [0.4, 0.5) is 87.8 Å². The van der Waals surface area contributed by atoms with E-state index in [-0.39, 0.29) is 0 Å². The monoisotopic (exact) mass is 977 g/mol. The predicted molar refractivity (Wildman–Crippen MR) is 187 cm³/mol. The van der Waals surface area contributed by atoms with Crippen molar-refractivity contribution < 1.29 is 92.4 Å². The van der Waals surface area contributed by atoms with Crippen LogP contribution in [0, 0.1) is 116 Å². The number of hydrogen-bond acceptors (Lipinski definition) is 0. The molecule has 1 nitrogen and oxygen atoms in total. The first-order valence-electron chi connectivity index (χ1n) is 16.9. The first kappa shape index (κ1) is 46.4. The molecule has 0 saturated carbocycles.